The van der Waals surface area contributed by atoms with Gasteiger partial charge >= 0.3 is 11.9 Å². The summed E-state index contributed by atoms with van der Waals surface area (Å²) in [6.45, 7) is 2.44. The van der Waals surface area contributed by atoms with Crippen LogP contribution in [0.5, 0.6) is 0 Å². The maximum atomic E-state index is 11.2. The highest BCUT2D eigenvalue weighted by Gasteiger charge is 2.30. The minimum absolute atomic E-state index is 0.308. The van der Waals surface area contributed by atoms with Crippen LogP contribution < -0.4 is 0 Å². The number of unbranched alkanes of at least 4 members (excludes halogenated alkanes) is 1. The molecule has 74 valence electrons. The predicted octanol–water partition coefficient (Wildman–Crippen LogP) is 1.04. The van der Waals surface area contributed by atoms with Crippen LogP contribution in [0.2, 0.25) is 0 Å². The zero-order valence-electron chi connectivity index (χ0n) is 7.75. The van der Waals surface area contributed by atoms with Gasteiger partial charge in [-0.15, -0.1) is 0 Å². The maximum Gasteiger partial charge on any atom is 0.347 e. The largest absolute Gasteiger partial charge is 0.463 e. The topological polar surface area (TPSA) is 52.6 Å². The normalized spacial score (nSPS) is 21.3. The lowest BCUT2D eigenvalue weighted by Crippen LogP contribution is -2.23. The van der Waals surface area contributed by atoms with Crippen molar-refractivity contribution >= 4 is 11.9 Å². The molecule has 0 aromatic heterocycles. The second-order valence-electron chi connectivity index (χ2n) is 3.04. The molecule has 0 aromatic rings. The molecule has 0 N–H and O–H groups in total. The Morgan fingerprint density at radius 3 is 3.00 bits per heavy atom. The fourth-order valence-corrected chi connectivity index (χ4v) is 1.10. The SMILES string of the molecule is CCCCOC(=O)[C@H]1CCC(=O)O1. The first-order chi connectivity index (χ1) is 6.24. The summed E-state index contributed by atoms with van der Waals surface area (Å²) in [6, 6.07) is 0. The molecular weight excluding hydrogens is 172 g/mol. The Kier molecular flexibility index (Phi) is 3.73. The van der Waals surface area contributed by atoms with E-state index in [1.807, 2.05) is 6.92 Å². The number of rotatable bonds is 4. The lowest BCUT2D eigenvalue weighted by molar-refractivity contribution is -0.161. The fraction of sp³-hybridized carbons (Fsp3) is 0.778. The van der Waals surface area contributed by atoms with E-state index < -0.39 is 12.1 Å². The average molecular weight is 186 g/mol. The van der Waals surface area contributed by atoms with Crippen molar-refractivity contribution in [2.45, 2.75) is 38.7 Å². The van der Waals surface area contributed by atoms with E-state index in [9.17, 15) is 9.59 Å². The number of hydrogen-bond donors (Lipinski definition) is 0. The predicted molar refractivity (Wildman–Crippen MR) is 45.0 cm³/mol. The molecular formula is C9H14O4. The molecule has 0 bridgehead atoms. The molecule has 1 aliphatic heterocycles. The van der Waals surface area contributed by atoms with Gasteiger partial charge in [0.05, 0.1) is 6.61 Å². The Labute approximate surface area is 77.2 Å². The Bertz CT molecular complexity index is 200. The van der Waals surface area contributed by atoms with Gasteiger partial charge in [-0.3, -0.25) is 4.79 Å². The van der Waals surface area contributed by atoms with Gasteiger partial charge in [-0.1, -0.05) is 13.3 Å². The quantitative estimate of drug-likeness (QED) is 0.486. The first-order valence-electron chi connectivity index (χ1n) is 4.60. The summed E-state index contributed by atoms with van der Waals surface area (Å²) in [5, 5.41) is 0. The highest BCUT2D eigenvalue weighted by atomic mass is 16.6. The van der Waals surface area contributed by atoms with E-state index in [0.717, 1.165) is 12.8 Å². The van der Waals surface area contributed by atoms with Crippen molar-refractivity contribution in [2.75, 3.05) is 6.61 Å². The molecule has 1 aliphatic rings. The molecule has 0 spiro atoms. The van der Waals surface area contributed by atoms with E-state index >= 15 is 0 Å². The third-order valence-corrected chi connectivity index (χ3v) is 1.89. The summed E-state index contributed by atoms with van der Waals surface area (Å²) in [6.07, 6.45) is 1.98. The number of hydrogen-bond acceptors (Lipinski definition) is 4. The molecule has 0 radical (unpaired) electrons. The third kappa shape index (κ3) is 3.05. The van der Waals surface area contributed by atoms with Crippen molar-refractivity contribution in [2.24, 2.45) is 0 Å². The van der Waals surface area contributed by atoms with Crippen molar-refractivity contribution in [3.8, 4) is 0 Å². The maximum absolute atomic E-state index is 11.2. The van der Waals surface area contributed by atoms with Gasteiger partial charge in [0.1, 0.15) is 0 Å². The van der Waals surface area contributed by atoms with E-state index in [2.05, 4.69) is 0 Å². The molecule has 4 heteroatoms. The molecule has 4 nitrogen and oxygen atoms in total. The van der Waals surface area contributed by atoms with Crippen LogP contribution in [0.15, 0.2) is 0 Å². The van der Waals surface area contributed by atoms with Crippen LogP contribution in [-0.2, 0) is 19.1 Å². The van der Waals surface area contributed by atoms with Crippen LogP contribution in [0.3, 0.4) is 0 Å². The van der Waals surface area contributed by atoms with Gasteiger partial charge in [0.25, 0.3) is 0 Å². The van der Waals surface area contributed by atoms with Crippen LogP contribution in [0, 0.1) is 0 Å². The summed E-state index contributed by atoms with van der Waals surface area (Å²) in [4.78, 5) is 21.8. The minimum Gasteiger partial charge on any atom is -0.463 e. The summed E-state index contributed by atoms with van der Waals surface area (Å²) < 4.78 is 9.64. The Morgan fingerprint density at radius 2 is 2.46 bits per heavy atom. The second kappa shape index (κ2) is 4.84. The van der Waals surface area contributed by atoms with Gasteiger partial charge < -0.3 is 9.47 Å². The third-order valence-electron chi connectivity index (χ3n) is 1.89. The minimum atomic E-state index is -0.649. The smallest absolute Gasteiger partial charge is 0.347 e. The Hall–Kier alpha value is -1.06. The molecule has 0 saturated carbocycles. The van der Waals surface area contributed by atoms with Gasteiger partial charge in [0.2, 0.25) is 0 Å². The lowest BCUT2D eigenvalue weighted by Gasteiger charge is -2.08. The monoisotopic (exact) mass is 186 g/mol. The number of esters is 2. The Balaban J connectivity index is 2.20. The van der Waals surface area contributed by atoms with Crippen molar-refractivity contribution in [3.63, 3.8) is 0 Å². The van der Waals surface area contributed by atoms with Crippen LogP contribution in [-0.4, -0.2) is 24.6 Å². The summed E-state index contributed by atoms with van der Waals surface area (Å²) in [5.41, 5.74) is 0. The molecule has 0 aromatic carbocycles. The highest BCUT2D eigenvalue weighted by Crippen LogP contribution is 2.14. The molecule has 1 saturated heterocycles. The number of carbonyl (C=O) groups is 2. The zero-order valence-corrected chi connectivity index (χ0v) is 7.75. The standard InChI is InChI=1S/C9H14O4/c1-2-3-6-12-9(11)7-4-5-8(10)13-7/h7H,2-6H2,1H3/t7-/m1/s1. The van der Waals surface area contributed by atoms with Crippen LogP contribution >= 0.6 is 0 Å². The second-order valence-corrected chi connectivity index (χ2v) is 3.04. The van der Waals surface area contributed by atoms with E-state index in [1.165, 1.54) is 0 Å². The van der Waals surface area contributed by atoms with E-state index in [0.29, 0.717) is 19.4 Å². The molecule has 0 amide bonds. The molecule has 0 aliphatic carbocycles. The first kappa shape index (κ1) is 10.0. The molecule has 1 rings (SSSR count). The van der Waals surface area contributed by atoms with Gasteiger partial charge in [-0.25, -0.2) is 4.79 Å². The van der Waals surface area contributed by atoms with Crippen LogP contribution in [0.4, 0.5) is 0 Å². The molecule has 1 fully saturated rings. The number of carbonyl (C=O) groups excluding carboxylic acids is 2. The average Bonchev–Trinajstić information content (AvgIpc) is 2.52. The van der Waals surface area contributed by atoms with Gasteiger partial charge in [0, 0.05) is 12.8 Å². The highest BCUT2D eigenvalue weighted by molar-refractivity contribution is 5.82. The van der Waals surface area contributed by atoms with E-state index in [4.69, 9.17) is 9.47 Å². The van der Waals surface area contributed by atoms with Crippen molar-refractivity contribution in [3.05, 3.63) is 0 Å². The Morgan fingerprint density at radius 1 is 1.69 bits per heavy atom. The summed E-state index contributed by atoms with van der Waals surface area (Å²) in [5.74, 6) is -0.711. The lowest BCUT2D eigenvalue weighted by atomic mass is 10.2. The number of ether oxygens (including phenoxy) is 2. The summed E-state index contributed by atoms with van der Waals surface area (Å²) in [7, 11) is 0. The van der Waals surface area contributed by atoms with E-state index in [1.54, 1.807) is 0 Å². The molecule has 1 heterocycles. The van der Waals surface area contributed by atoms with Crippen molar-refractivity contribution in [1.82, 2.24) is 0 Å². The molecule has 0 unspecified atom stereocenters. The van der Waals surface area contributed by atoms with Crippen molar-refractivity contribution < 1.29 is 19.1 Å². The van der Waals surface area contributed by atoms with Gasteiger partial charge in [0.15, 0.2) is 6.10 Å². The van der Waals surface area contributed by atoms with E-state index in [-0.39, 0.29) is 5.97 Å². The molecule has 13 heavy (non-hydrogen) atoms. The van der Waals surface area contributed by atoms with Crippen molar-refractivity contribution in [1.29, 1.82) is 0 Å². The van der Waals surface area contributed by atoms with Gasteiger partial charge in [-0.05, 0) is 6.42 Å². The van der Waals surface area contributed by atoms with Crippen LogP contribution in [0.1, 0.15) is 32.6 Å². The number of cyclic esters (lactones) is 1. The summed E-state index contributed by atoms with van der Waals surface area (Å²) >= 11 is 0. The first-order valence-corrected chi connectivity index (χ1v) is 4.60. The fourth-order valence-electron chi connectivity index (χ4n) is 1.10. The van der Waals surface area contributed by atoms with Crippen LogP contribution in [0.25, 0.3) is 0 Å². The van der Waals surface area contributed by atoms with Gasteiger partial charge in [-0.2, -0.15) is 0 Å². The molecule has 1 atom stereocenters. The zero-order chi connectivity index (χ0) is 9.68.